The van der Waals surface area contributed by atoms with Gasteiger partial charge in [-0.1, -0.05) is 18.5 Å². The van der Waals surface area contributed by atoms with Crippen molar-refractivity contribution in [1.82, 2.24) is 15.5 Å². The number of aryl methyl sites for hydroxylation is 1. The molecule has 1 heterocycles. The van der Waals surface area contributed by atoms with Crippen LogP contribution in [0.5, 0.6) is 0 Å². The summed E-state index contributed by atoms with van der Waals surface area (Å²) < 4.78 is 4.71. The van der Waals surface area contributed by atoms with E-state index in [0.717, 1.165) is 12.8 Å². The molecule has 15 heavy (non-hydrogen) atoms. The summed E-state index contributed by atoms with van der Waals surface area (Å²) in [6, 6.07) is -0.0266. The Morgan fingerprint density at radius 1 is 1.67 bits per heavy atom. The molecule has 1 atom stereocenters. The van der Waals surface area contributed by atoms with Gasteiger partial charge >= 0.3 is 0 Å². The molecule has 0 radical (unpaired) electrons. The fourth-order valence-corrected chi connectivity index (χ4v) is 1.24. The fourth-order valence-electron chi connectivity index (χ4n) is 1.24. The lowest BCUT2D eigenvalue weighted by atomic mass is 10.1. The van der Waals surface area contributed by atoms with Crippen molar-refractivity contribution in [3.63, 3.8) is 0 Å². The van der Waals surface area contributed by atoms with Crippen molar-refractivity contribution in [2.24, 2.45) is 5.73 Å². The Labute approximate surface area is 88.2 Å². The molecule has 0 aliphatic rings. The van der Waals surface area contributed by atoms with Crippen LogP contribution in [0.4, 0.5) is 0 Å². The first-order chi connectivity index (χ1) is 7.17. The van der Waals surface area contributed by atoms with E-state index in [2.05, 4.69) is 15.5 Å². The third-order valence-corrected chi connectivity index (χ3v) is 1.99. The van der Waals surface area contributed by atoms with Gasteiger partial charge in [0, 0.05) is 19.5 Å². The number of amides is 1. The monoisotopic (exact) mass is 212 g/mol. The second-order valence-electron chi connectivity index (χ2n) is 3.33. The normalized spacial score (nSPS) is 12.5. The molecular weight excluding hydrogens is 196 g/mol. The summed E-state index contributed by atoms with van der Waals surface area (Å²) in [5.74, 6) is 0.0951. The molecule has 1 aromatic rings. The molecule has 1 aromatic heterocycles. The van der Waals surface area contributed by atoms with E-state index in [1.54, 1.807) is 6.92 Å². The van der Waals surface area contributed by atoms with Gasteiger partial charge in [-0.05, 0) is 6.42 Å². The summed E-state index contributed by atoms with van der Waals surface area (Å²) in [7, 11) is 0. The molecule has 1 amide bonds. The number of carbonyl (C=O) groups is 1. The van der Waals surface area contributed by atoms with Crippen molar-refractivity contribution in [1.29, 1.82) is 0 Å². The van der Waals surface area contributed by atoms with Gasteiger partial charge in [0.2, 0.25) is 5.89 Å². The zero-order chi connectivity index (χ0) is 11.3. The molecule has 0 saturated heterocycles. The zero-order valence-electron chi connectivity index (χ0n) is 8.99. The molecule has 0 saturated carbocycles. The highest BCUT2D eigenvalue weighted by molar-refractivity contribution is 5.90. The van der Waals surface area contributed by atoms with Gasteiger partial charge < -0.3 is 15.6 Å². The number of carbonyl (C=O) groups excluding carboxylic acids is 1. The van der Waals surface area contributed by atoms with E-state index in [4.69, 9.17) is 10.3 Å². The first-order valence-corrected chi connectivity index (χ1v) is 4.98. The lowest BCUT2D eigenvalue weighted by Gasteiger charge is -2.13. The largest absolute Gasteiger partial charge is 0.345 e. The average Bonchev–Trinajstić information content (AvgIpc) is 2.64. The standard InChI is InChI=1S/C9H16N4O2/c1-3-4-7(5-10)12-9(14)8-11-6(2)15-13-8/h7H,3-5,10H2,1-2H3,(H,12,14). The summed E-state index contributed by atoms with van der Waals surface area (Å²) in [4.78, 5) is 15.4. The maximum Gasteiger partial charge on any atom is 0.292 e. The lowest BCUT2D eigenvalue weighted by molar-refractivity contribution is 0.0922. The van der Waals surface area contributed by atoms with Crippen molar-refractivity contribution in [3.8, 4) is 0 Å². The van der Waals surface area contributed by atoms with Crippen molar-refractivity contribution in [2.75, 3.05) is 6.54 Å². The molecule has 0 aromatic carbocycles. The van der Waals surface area contributed by atoms with Gasteiger partial charge in [-0.15, -0.1) is 0 Å². The van der Waals surface area contributed by atoms with Gasteiger partial charge in [0.05, 0.1) is 0 Å². The molecule has 1 unspecified atom stereocenters. The molecule has 0 spiro atoms. The minimum absolute atomic E-state index is 0.0266. The smallest absolute Gasteiger partial charge is 0.292 e. The van der Waals surface area contributed by atoms with E-state index in [-0.39, 0.29) is 17.8 Å². The van der Waals surface area contributed by atoms with Gasteiger partial charge in [-0.2, -0.15) is 4.98 Å². The third kappa shape index (κ3) is 3.32. The molecule has 1 rings (SSSR count). The Hall–Kier alpha value is -1.43. The lowest BCUT2D eigenvalue weighted by Crippen LogP contribution is -2.40. The molecule has 6 nitrogen and oxygen atoms in total. The van der Waals surface area contributed by atoms with Crippen LogP contribution in [0.2, 0.25) is 0 Å². The van der Waals surface area contributed by atoms with Crippen molar-refractivity contribution in [3.05, 3.63) is 11.7 Å². The van der Waals surface area contributed by atoms with Gasteiger partial charge in [0.25, 0.3) is 11.7 Å². The highest BCUT2D eigenvalue weighted by Gasteiger charge is 2.16. The Morgan fingerprint density at radius 2 is 2.40 bits per heavy atom. The molecule has 0 bridgehead atoms. The molecule has 0 aliphatic heterocycles. The van der Waals surface area contributed by atoms with E-state index >= 15 is 0 Å². The van der Waals surface area contributed by atoms with Crippen LogP contribution in [0.3, 0.4) is 0 Å². The van der Waals surface area contributed by atoms with Crippen LogP contribution >= 0.6 is 0 Å². The molecule has 0 aliphatic carbocycles. The fraction of sp³-hybridized carbons (Fsp3) is 0.667. The van der Waals surface area contributed by atoms with Crippen LogP contribution in [-0.2, 0) is 0 Å². The minimum atomic E-state index is -0.337. The van der Waals surface area contributed by atoms with Gasteiger partial charge in [0.15, 0.2) is 0 Å². The molecule has 0 fully saturated rings. The summed E-state index contributed by atoms with van der Waals surface area (Å²) in [5, 5.41) is 6.27. The number of aromatic nitrogens is 2. The average molecular weight is 212 g/mol. The van der Waals surface area contributed by atoms with E-state index in [9.17, 15) is 4.79 Å². The molecule has 6 heteroatoms. The van der Waals surface area contributed by atoms with Crippen LogP contribution in [-0.4, -0.2) is 28.6 Å². The maximum atomic E-state index is 11.6. The van der Waals surface area contributed by atoms with E-state index < -0.39 is 0 Å². The Morgan fingerprint density at radius 3 is 2.87 bits per heavy atom. The maximum absolute atomic E-state index is 11.6. The van der Waals surface area contributed by atoms with Gasteiger partial charge in [-0.25, -0.2) is 0 Å². The van der Waals surface area contributed by atoms with Crippen molar-refractivity contribution >= 4 is 5.91 Å². The van der Waals surface area contributed by atoms with E-state index in [1.807, 2.05) is 6.92 Å². The van der Waals surface area contributed by atoms with Crippen LogP contribution < -0.4 is 11.1 Å². The Kier molecular flexibility index (Phi) is 4.23. The number of nitrogens with one attached hydrogen (secondary N) is 1. The van der Waals surface area contributed by atoms with Crippen molar-refractivity contribution < 1.29 is 9.32 Å². The third-order valence-electron chi connectivity index (χ3n) is 1.99. The summed E-state index contributed by atoms with van der Waals surface area (Å²) in [6.07, 6.45) is 1.81. The second-order valence-corrected chi connectivity index (χ2v) is 3.33. The summed E-state index contributed by atoms with van der Waals surface area (Å²) in [6.45, 7) is 4.08. The van der Waals surface area contributed by atoms with Gasteiger partial charge in [0.1, 0.15) is 0 Å². The second kappa shape index (κ2) is 5.45. The quantitative estimate of drug-likeness (QED) is 0.728. The van der Waals surface area contributed by atoms with Crippen LogP contribution in [0.15, 0.2) is 4.52 Å². The SMILES string of the molecule is CCCC(CN)NC(=O)c1noc(C)n1. The number of nitrogens with two attached hydrogens (primary N) is 1. The zero-order valence-corrected chi connectivity index (χ0v) is 8.99. The highest BCUT2D eigenvalue weighted by Crippen LogP contribution is 1.98. The summed E-state index contributed by atoms with van der Waals surface area (Å²) >= 11 is 0. The van der Waals surface area contributed by atoms with Crippen LogP contribution in [0.25, 0.3) is 0 Å². The van der Waals surface area contributed by atoms with E-state index in [0.29, 0.717) is 12.4 Å². The Balaban J connectivity index is 2.54. The highest BCUT2D eigenvalue weighted by atomic mass is 16.5. The van der Waals surface area contributed by atoms with Gasteiger partial charge in [-0.3, -0.25) is 4.79 Å². The van der Waals surface area contributed by atoms with Crippen LogP contribution in [0.1, 0.15) is 36.3 Å². The number of hydrogen-bond acceptors (Lipinski definition) is 5. The van der Waals surface area contributed by atoms with Crippen LogP contribution in [0, 0.1) is 6.92 Å². The minimum Gasteiger partial charge on any atom is -0.345 e. The predicted molar refractivity (Wildman–Crippen MR) is 54.3 cm³/mol. The first-order valence-electron chi connectivity index (χ1n) is 4.98. The number of nitrogens with zero attached hydrogens (tertiary/aromatic N) is 2. The number of hydrogen-bond donors (Lipinski definition) is 2. The first kappa shape index (κ1) is 11.6. The molecular formula is C9H16N4O2. The number of rotatable bonds is 5. The molecule has 3 N–H and O–H groups in total. The topological polar surface area (TPSA) is 94.0 Å². The Bertz CT molecular complexity index is 324. The molecule has 84 valence electrons. The van der Waals surface area contributed by atoms with E-state index in [1.165, 1.54) is 0 Å². The summed E-state index contributed by atoms with van der Waals surface area (Å²) in [5.41, 5.74) is 5.51. The predicted octanol–water partition coefficient (Wildman–Crippen LogP) is 0.235. The van der Waals surface area contributed by atoms with Crippen molar-refractivity contribution in [2.45, 2.75) is 32.7 Å².